The van der Waals surface area contributed by atoms with Gasteiger partial charge >= 0.3 is 5.97 Å². The summed E-state index contributed by atoms with van der Waals surface area (Å²) < 4.78 is 27.3. The van der Waals surface area contributed by atoms with Crippen LogP contribution in [0.2, 0.25) is 10.0 Å². The van der Waals surface area contributed by atoms with E-state index in [4.69, 9.17) is 53.8 Å². The molecule has 2 aromatic heterocycles. The van der Waals surface area contributed by atoms with Gasteiger partial charge in [-0.2, -0.15) is 0 Å². The fraction of sp³-hybridized carbons (Fsp3) is 0.348. The molecule has 0 aliphatic heterocycles. The number of methoxy groups -OCH3 is 2. The Morgan fingerprint density at radius 2 is 1.09 bits per heavy atom. The molecule has 58 heavy (non-hydrogen) atoms. The quantitative estimate of drug-likeness (QED) is 0.0860. The van der Waals surface area contributed by atoms with Crippen LogP contribution in [0.15, 0.2) is 84.9 Å². The van der Waals surface area contributed by atoms with Crippen molar-refractivity contribution in [3.05, 3.63) is 129 Å². The molecule has 2 atom stereocenters. The molecule has 8 rings (SSSR count). The molecule has 0 bridgehead atoms. The average molecular weight is 846 g/mol. The molecule has 12 heteroatoms. The van der Waals surface area contributed by atoms with Gasteiger partial charge in [0, 0.05) is 35.2 Å². The maximum atomic E-state index is 12.2. The summed E-state index contributed by atoms with van der Waals surface area (Å²) in [5.74, 6) is -0.290. The number of carbonyl (C=O) groups excluding carboxylic acids is 1. The third-order valence-corrected chi connectivity index (χ3v) is 12.1. The Bertz CT molecular complexity index is 2230. The van der Waals surface area contributed by atoms with E-state index in [2.05, 4.69) is 9.13 Å². The second-order valence-electron chi connectivity index (χ2n) is 14.6. The fourth-order valence-electron chi connectivity index (χ4n) is 8.67. The van der Waals surface area contributed by atoms with E-state index in [0.29, 0.717) is 61.7 Å². The Balaban J connectivity index is 0.000000177. The molecule has 4 aromatic carbocycles. The molecular formula is C46H47Cl3N2O7. The van der Waals surface area contributed by atoms with Crippen molar-refractivity contribution >= 4 is 67.8 Å². The first kappa shape index (κ1) is 41.6. The van der Waals surface area contributed by atoms with E-state index in [-0.39, 0.29) is 11.2 Å². The molecule has 2 heterocycles. The van der Waals surface area contributed by atoms with Crippen molar-refractivity contribution in [2.75, 3.05) is 27.4 Å². The summed E-state index contributed by atoms with van der Waals surface area (Å²) in [6.07, 6.45) is 4.83. The Labute approximate surface area is 353 Å². The fourth-order valence-corrected chi connectivity index (χ4v) is 9.40. The van der Waals surface area contributed by atoms with Crippen LogP contribution < -0.4 is 9.47 Å². The zero-order valence-corrected chi connectivity index (χ0v) is 34.9. The maximum Gasteiger partial charge on any atom is 0.311 e. The largest absolute Gasteiger partial charge is 0.496 e. The zero-order valence-electron chi connectivity index (χ0n) is 32.6. The first-order valence-corrected chi connectivity index (χ1v) is 20.8. The number of ether oxygens (including phenoxy) is 4. The van der Waals surface area contributed by atoms with Crippen LogP contribution >= 0.6 is 34.8 Å². The number of carbonyl (C=O) groups is 2. The topological polar surface area (TPSA) is 101 Å². The number of carboxylic acids is 1. The number of aliphatic carboxylic acids is 1. The summed E-state index contributed by atoms with van der Waals surface area (Å²) in [5, 5.41) is 12.5. The molecular weight excluding hydrogens is 799 g/mol. The molecule has 9 nitrogen and oxygen atoms in total. The van der Waals surface area contributed by atoms with Gasteiger partial charge in [-0.15, -0.1) is 0 Å². The van der Waals surface area contributed by atoms with Crippen molar-refractivity contribution in [2.45, 2.75) is 76.7 Å². The minimum absolute atomic E-state index is 0.327. The molecule has 1 N–H and O–H groups in total. The third-order valence-electron chi connectivity index (χ3n) is 11.2. The highest BCUT2D eigenvalue weighted by atomic mass is 35.5. The summed E-state index contributed by atoms with van der Waals surface area (Å²) in [4.78, 5) is 24.1. The molecule has 2 aliphatic carbocycles. The second-order valence-corrected chi connectivity index (χ2v) is 15.8. The molecule has 2 aliphatic rings. The van der Waals surface area contributed by atoms with Crippen molar-refractivity contribution in [1.29, 1.82) is 0 Å². The number of rotatable bonds is 14. The van der Waals surface area contributed by atoms with Crippen LogP contribution in [0, 0.1) is 0 Å². The van der Waals surface area contributed by atoms with Crippen molar-refractivity contribution in [3.63, 3.8) is 0 Å². The molecule has 304 valence electrons. The van der Waals surface area contributed by atoms with Gasteiger partial charge in [-0.1, -0.05) is 83.9 Å². The summed E-state index contributed by atoms with van der Waals surface area (Å²) in [6, 6.07) is 27.4. The van der Waals surface area contributed by atoms with E-state index in [1.807, 2.05) is 84.9 Å². The molecule has 0 amide bonds. The van der Waals surface area contributed by atoms with Crippen LogP contribution in [0.5, 0.6) is 11.5 Å². The van der Waals surface area contributed by atoms with Crippen molar-refractivity contribution in [1.82, 2.24) is 9.13 Å². The van der Waals surface area contributed by atoms with E-state index in [1.54, 1.807) is 14.2 Å². The highest BCUT2D eigenvalue weighted by Gasteiger charge is 2.35. The number of nitrogens with zero attached hydrogens (tertiary/aromatic N) is 2. The van der Waals surface area contributed by atoms with Crippen LogP contribution in [0.4, 0.5) is 0 Å². The van der Waals surface area contributed by atoms with Gasteiger partial charge in [0.2, 0.25) is 5.24 Å². The molecule has 0 spiro atoms. The Kier molecular flexibility index (Phi) is 13.7. The smallest absolute Gasteiger partial charge is 0.311 e. The van der Waals surface area contributed by atoms with Gasteiger partial charge in [0.25, 0.3) is 0 Å². The molecule has 2 unspecified atom stereocenters. The molecule has 0 radical (unpaired) electrons. The number of carboxylic acid groups (broad SMARTS) is 1. The molecule has 0 fully saturated rings. The SMILES string of the molecule is COc1ccc(Cl)c2c1c1c(n2CCOCc2ccccc2)CCCC1C(=O)Cl.COc1ccc(Cl)c2c1c1c(n2CCOCc2ccccc2)CCCC1C(=O)O. The standard InChI is InChI=1S/C23H23Cl2NO3.C23H24ClNO4/c1-28-19-11-10-17(24)22-21(19)20-16(23(25)27)8-5-9-18(20)26(22)12-13-29-14-15-6-3-2-4-7-15;1-28-19-11-10-17(24)22-21(19)20-16(23(26)27)8-5-9-18(20)25(22)12-13-29-14-15-6-3-2-4-7-15/h2-4,6-7,10-11,16H,5,8-9,12-14H2,1H3;2-4,6-7,10-11,16H,5,8-9,12-14H2,1H3,(H,26,27). The van der Waals surface area contributed by atoms with Crippen LogP contribution in [0.25, 0.3) is 21.8 Å². The predicted octanol–water partition coefficient (Wildman–Crippen LogP) is 10.7. The number of hydrogen-bond donors (Lipinski definition) is 1. The highest BCUT2D eigenvalue weighted by Crippen LogP contribution is 2.47. The van der Waals surface area contributed by atoms with Crippen LogP contribution in [-0.4, -0.2) is 52.9 Å². The minimum Gasteiger partial charge on any atom is -0.496 e. The highest BCUT2D eigenvalue weighted by molar-refractivity contribution is 6.64. The summed E-state index contributed by atoms with van der Waals surface area (Å²) in [6.45, 7) is 3.40. The number of halogens is 3. The van der Waals surface area contributed by atoms with Crippen LogP contribution in [-0.2, 0) is 58.2 Å². The average Bonchev–Trinajstić information content (AvgIpc) is 3.77. The van der Waals surface area contributed by atoms with Crippen LogP contribution in [0.3, 0.4) is 0 Å². The molecule has 6 aromatic rings. The number of benzene rings is 4. The van der Waals surface area contributed by atoms with Gasteiger partial charge in [-0.25, -0.2) is 0 Å². The van der Waals surface area contributed by atoms with Gasteiger partial charge in [-0.3, -0.25) is 9.59 Å². The van der Waals surface area contributed by atoms with E-state index >= 15 is 0 Å². The molecule has 0 saturated carbocycles. The Morgan fingerprint density at radius 3 is 1.50 bits per heavy atom. The summed E-state index contributed by atoms with van der Waals surface area (Å²) in [7, 11) is 3.24. The van der Waals surface area contributed by atoms with E-state index in [1.165, 1.54) is 0 Å². The van der Waals surface area contributed by atoms with Gasteiger partial charge in [0.15, 0.2) is 0 Å². The lowest BCUT2D eigenvalue weighted by atomic mass is 9.85. The predicted molar refractivity (Wildman–Crippen MR) is 229 cm³/mol. The summed E-state index contributed by atoms with van der Waals surface area (Å²) in [5.41, 5.74) is 7.96. The number of hydrogen-bond acceptors (Lipinski definition) is 6. The Morgan fingerprint density at radius 1 is 0.655 bits per heavy atom. The van der Waals surface area contributed by atoms with E-state index < -0.39 is 11.9 Å². The van der Waals surface area contributed by atoms with Gasteiger partial charge in [0.1, 0.15) is 11.5 Å². The van der Waals surface area contributed by atoms with Crippen molar-refractivity contribution in [2.24, 2.45) is 0 Å². The number of aromatic nitrogens is 2. The minimum atomic E-state index is -0.799. The lowest BCUT2D eigenvalue weighted by Gasteiger charge is -2.22. The van der Waals surface area contributed by atoms with Gasteiger partial charge in [-0.05, 0) is 96.6 Å². The second kappa shape index (κ2) is 19.0. The molecule has 0 saturated heterocycles. The third kappa shape index (κ3) is 8.61. The van der Waals surface area contributed by atoms with E-state index in [9.17, 15) is 14.7 Å². The van der Waals surface area contributed by atoms with Crippen molar-refractivity contribution < 1.29 is 33.6 Å². The monoisotopic (exact) mass is 844 g/mol. The zero-order chi connectivity index (χ0) is 40.8. The van der Waals surface area contributed by atoms with Gasteiger partial charge in [0.05, 0.1) is 73.6 Å². The lowest BCUT2D eigenvalue weighted by Crippen LogP contribution is -2.19. The van der Waals surface area contributed by atoms with Gasteiger partial charge < -0.3 is 33.2 Å². The normalized spacial score (nSPS) is 16.0. The lowest BCUT2D eigenvalue weighted by molar-refractivity contribution is -0.139. The maximum absolute atomic E-state index is 12.2. The Hall–Kier alpha value is -4.51. The van der Waals surface area contributed by atoms with Crippen molar-refractivity contribution in [3.8, 4) is 11.5 Å². The van der Waals surface area contributed by atoms with Crippen LogP contribution in [0.1, 0.15) is 71.2 Å². The van der Waals surface area contributed by atoms with E-state index in [0.717, 1.165) is 93.3 Å². The number of fused-ring (bicyclic) bond motifs is 6. The first-order chi connectivity index (χ1) is 28.2. The summed E-state index contributed by atoms with van der Waals surface area (Å²) >= 11 is 19.2. The first-order valence-electron chi connectivity index (χ1n) is 19.6.